The van der Waals surface area contributed by atoms with Gasteiger partial charge < -0.3 is 10.0 Å². The molecule has 3 nitrogen and oxygen atoms in total. The van der Waals surface area contributed by atoms with Crippen molar-refractivity contribution >= 4 is 17.5 Å². The number of Topliss-reactive ketones (excluding diaryl/α,β-unsaturated/α-hetero) is 1. The molecule has 0 bridgehead atoms. The molecule has 1 heterocycles. The SMILES string of the molecule is CC(=O)C1=C(C)N(CCO)CS1. The Hall–Kier alpha value is -0.480. The highest BCUT2D eigenvalue weighted by molar-refractivity contribution is 8.04. The largest absolute Gasteiger partial charge is 0.395 e. The van der Waals surface area contributed by atoms with Crippen LogP contribution in [0.3, 0.4) is 0 Å². The van der Waals surface area contributed by atoms with Crippen LogP contribution in [0.25, 0.3) is 0 Å². The molecule has 1 rings (SSSR count). The average molecular weight is 187 g/mol. The van der Waals surface area contributed by atoms with Crippen molar-refractivity contribution in [2.24, 2.45) is 0 Å². The Morgan fingerprint density at radius 1 is 1.75 bits per heavy atom. The van der Waals surface area contributed by atoms with Gasteiger partial charge in [0.1, 0.15) is 0 Å². The number of thioether (sulfide) groups is 1. The van der Waals surface area contributed by atoms with Crippen LogP contribution in [0, 0.1) is 0 Å². The van der Waals surface area contributed by atoms with Gasteiger partial charge in [0, 0.05) is 12.2 Å². The summed E-state index contributed by atoms with van der Waals surface area (Å²) in [5.41, 5.74) is 1.00. The quantitative estimate of drug-likeness (QED) is 0.709. The smallest absolute Gasteiger partial charge is 0.167 e. The van der Waals surface area contributed by atoms with Crippen LogP contribution in [0.1, 0.15) is 13.8 Å². The Morgan fingerprint density at radius 3 is 2.83 bits per heavy atom. The molecule has 12 heavy (non-hydrogen) atoms. The number of aliphatic hydroxyl groups is 1. The molecule has 68 valence electrons. The number of hydrogen-bond acceptors (Lipinski definition) is 4. The Morgan fingerprint density at radius 2 is 2.42 bits per heavy atom. The molecule has 0 fully saturated rings. The van der Waals surface area contributed by atoms with E-state index in [-0.39, 0.29) is 12.4 Å². The first-order valence-electron chi connectivity index (χ1n) is 3.87. The first-order valence-corrected chi connectivity index (χ1v) is 4.85. The van der Waals surface area contributed by atoms with E-state index in [0.29, 0.717) is 6.54 Å². The van der Waals surface area contributed by atoms with Crippen molar-refractivity contribution in [2.45, 2.75) is 13.8 Å². The van der Waals surface area contributed by atoms with Gasteiger partial charge in [-0.15, -0.1) is 0 Å². The molecule has 0 aromatic rings. The maximum atomic E-state index is 11.0. The number of rotatable bonds is 3. The lowest BCUT2D eigenvalue weighted by Gasteiger charge is -2.16. The van der Waals surface area contributed by atoms with Crippen molar-refractivity contribution in [3.8, 4) is 0 Å². The third-order valence-electron chi connectivity index (χ3n) is 1.86. The van der Waals surface area contributed by atoms with Gasteiger partial charge in [0.25, 0.3) is 0 Å². The zero-order valence-electron chi connectivity index (χ0n) is 7.33. The van der Waals surface area contributed by atoms with Crippen molar-refractivity contribution < 1.29 is 9.90 Å². The summed E-state index contributed by atoms with van der Waals surface area (Å²) in [6.45, 7) is 4.26. The van der Waals surface area contributed by atoms with E-state index in [9.17, 15) is 4.79 Å². The van der Waals surface area contributed by atoms with Gasteiger partial charge in [-0.25, -0.2) is 0 Å². The highest BCUT2D eigenvalue weighted by Gasteiger charge is 2.21. The van der Waals surface area contributed by atoms with Crippen LogP contribution in [0.5, 0.6) is 0 Å². The second kappa shape index (κ2) is 3.96. The van der Waals surface area contributed by atoms with Crippen LogP contribution >= 0.6 is 11.8 Å². The molecule has 0 radical (unpaired) electrons. The third-order valence-corrected chi connectivity index (χ3v) is 3.17. The molecule has 1 N–H and O–H groups in total. The summed E-state index contributed by atoms with van der Waals surface area (Å²) < 4.78 is 0. The maximum absolute atomic E-state index is 11.0. The van der Waals surface area contributed by atoms with Crippen molar-refractivity contribution in [2.75, 3.05) is 19.0 Å². The summed E-state index contributed by atoms with van der Waals surface area (Å²) in [6.07, 6.45) is 0. The van der Waals surface area contributed by atoms with Crippen molar-refractivity contribution in [1.29, 1.82) is 0 Å². The molecule has 0 saturated heterocycles. The summed E-state index contributed by atoms with van der Waals surface area (Å²) in [7, 11) is 0. The van der Waals surface area contributed by atoms with Gasteiger partial charge in [-0.3, -0.25) is 4.79 Å². The van der Waals surface area contributed by atoms with Gasteiger partial charge in [-0.05, 0) is 13.8 Å². The predicted molar refractivity (Wildman–Crippen MR) is 49.6 cm³/mol. The normalized spacial score (nSPS) is 17.4. The van der Waals surface area contributed by atoms with E-state index < -0.39 is 0 Å². The molecule has 0 atom stereocenters. The van der Waals surface area contributed by atoms with E-state index in [4.69, 9.17) is 5.11 Å². The van der Waals surface area contributed by atoms with Crippen LogP contribution < -0.4 is 0 Å². The number of aliphatic hydroxyl groups excluding tert-OH is 1. The van der Waals surface area contributed by atoms with E-state index in [2.05, 4.69) is 0 Å². The van der Waals surface area contributed by atoms with Crippen molar-refractivity contribution in [3.63, 3.8) is 0 Å². The van der Waals surface area contributed by atoms with Gasteiger partial charge in [-0.1, -0.05) is 11.8 Å². The van der Waals surface area contributed by atoms with E-state index in [0.717, 1.165) is 16.5 Å². The monoisotopic (exact) mass is 187 g/mol. The van der Waals surface area contributed by atoms with Crippen LogP contribution in [-0.4, -0.2) is 34.8 Å². The summed E-state index contributed by atoms with van der Waals surface area (Å²) in [6, 6.07) is 0. The zero-order valence-corrected chi connectivity index (χ0v) is 8.15. The number of carbonyl (C=O) groups is 1. The van der Waals surface area contributed by atoms with Gasteiger partial charge in [-0.2, -0.15) is 0 Å². The Balaban J connectivity index is 2.69. The molecular formula is C8H13NO2S. The molecule has 0 spiro atoms. The molecule has 4 heteroatoms. The Kier molecular flexibility index (Phi) is 3.17. The fourth-order valence-electron chi connectivity index (χ4n) is 1.20. The van der Waals surface area contributed by atoms with Gasteiger partial charge in [0.2, 0.25) is 0 Å². The number of hydrogen-bond donors (Lipinski definition) is 1. The third kappa shape index (κ3) is 1.81. The summed E-state index contributed by atoms with van der Waals surface area (Å²) >= 11 is 1.55. The van der Waals surface area contributed by atoms with E-state index >= 15 is 0 Å². The lowest BCUT2D eigenvalue weighted by Crippen LogP contribution is -2.21. The average Bonchev–Trinajstić information content (AvgIpc) is 2.34. The highest BCUT2D eigenvalue weighted by atomic mass is 32.2. The molecule has 0 unspecified atom stereocenters. The molecule has 0 saturated carbocycles. The second-order valence-electron chi connectivity index (χ2n) is 2.73. The minimum Gasteiger partial charge on any atom is -0.395 e. The van der Waals surface area contributed by atoms with Crippen LogP contribution in [0.2, 0.25) is 0 Å². The van der Waals surface area contributed by atoms with Gasteiger partial charge in [0.05, 0.1) is 17.4 Å². The minimum atomic E-state index is 0.123. The highest BCUT2D eigenvalue weighted by Crippen LogP contribution is 2.31. The molecule has 1 aliphatic heterocycles. The summed E-state index contributed by atoms with van der Waals surface area (Å²) in [4.78, 5) is 13.9. The van der Waals surface area contributed by atoms with Crippen LogP contribution in [0.15, 0.2) is 10.6 Å². The van der Waals surface area contributed by atoms with Crippen LogP contribution in [0.4, 0.5) is 0 Å². The lowest BCUT2D eigenvalue weighted by molar-refractivity contribution is -0.113. The maximum Gasteiger partial charge on any atom is 0.167 e. The molecular weight excluding hydrogens is 174 g/mol. The minimum absolute atomic E-state index is 0.123. The zero-order chi connectivity index (χ0) is 9.14. The first-order chi connectivity index (χ1) is 5.66. The predicted octanol–water partition coefficient (Wildman–Crippen LogP) is 0.806. The molecule has 1 aliphatic rings. The van der Waals surface area contributed by atoms with Gasteiger partial charge >= 0.3 is 0 Å². The standard InChI is InChI=1S/C8H13NO2S/c1-6-8(7(2)11)12-5-9(6)3-4-10/h10H,3-5H2,1-2H3. The second-order valence-corrected chi connectivity index (χ2v) is 3.69. The van der Waals surface area contributed by atoms with Gasteiger partial charge in [0.15, 0.2) is 5.78 Å². The summed E-state index contributed by atoms with van der Waals surface area (Å²) in [5, 5.41) is 8.71. The van der Waals surface area contributed by atoms with E-state index in [1.165, 1.54) is 0 Å². The van der Waals surface area contributed by atoms with E-state index in [1.807, 2.05) is 11.8 Å². The number of allylic oxidation sites excluding steroid dienone is 2. The molecule has 0 aliphatic carbocycles. The van der Waals surface area contributed by atoms with Crippen molar-refractivity contribution in [3.05, 3.63) is 10.6 Å². The number of nitrogens with zero attached hydrogens (tertiary/aromatic N) is 1. The van der Waals surface area contributed by atoms with E-state index in [1.54, 1.807) is 18.7 Å². The molecule has 0 aromatic carbocycles. The Labute approximate surface area is 76.4 Å². The number of ketones is 1. The molecule has 0 amide bonds. The first kappa shape index (κ1) is 9.61. The topological polar surface area (TPSA) is 40.5 Å². The van der Waals surface area contributed by atoms with Crippen molar-refractivity contribution in [1.82, 2.24) is 4.90 Å². The number of carbonyl (C=O) groups excluding carboxylic acids is 1. The fourth-order valence-corrected chi connectivity index (χ4v) is 2.35. The summed E-state index contributed by atoms with van der Waals surface area (Å²) in [5.74, 6) is 0.916. The van der Waals surface area contributed by atoms with Crippen LogP contribution in [-0.2, 0) is 4.79 Å². The number of β-amino-alcohol motifs (C(OH)–C–C–N with tert-alkyl or cyclic N) is 1. The Bertz CT molecular complexity index is 225. The fraction of sp³-hybridized carbons (Fsp3) is 0.625. The molecule has 0 aromatic heterocycles. The lowest BCUT2D eigenvalue weighted by atomic mass is 10.3.